The first-order chi connectivity index (χ1) is 16.8. The van der Waals surface area contributed by atoms with E-state index in [0.29, 0.717) is 37.5 Å². The number of aromatic nitrogens is 1. The highest BCUT2D eigenvalue weighted by molar-refractivity contribution is 5.76. The van der Waals surface area contributed by atoms with Crippen molar-refractivity contribution in [1.82, 2.24) is 4.98 Å². The SMILES string of the molecule is Cc1oc(-c2ccc(-c3ccccc3)cc2)nc1COC[C@H]1CCCC(COC(C)(C)C(=O)O)C1. The molecule has 2 atom stereocenters. The van der Waals surface area contributed by atoms with Crippen LogP contribution in [0.3, 0.4) is 0 Å². The molecule has 1 unspecified atom stereocenters. The first-order valence-electron chi connectivity index (χ1n) is 12.4. The number of hydrogen-bond donors (Lipinski definition) is 1. The van der Waals surface area contributed by atoms with Crippen LogP contribution in [0.1, 0.15) is 51.0 Å². The Morgan fingerprint density at radius 2 is 1.63 bits per heavy atom. The van der Waals surface area contributed by atoms with E-state index in [9.17, 15) is 9.90 Å². The molecule has 0 bridgehead atoms. The average Bonchev–Trinajstić information content (AvgIpc) is 3.24. The number of carboxylic acids is 1. The number of nitrogens with zero attached hydrogens (tertiary/aromatic N) is 1. The Morgan fingerprint density at radius 1 is 1.00 bits per heavy atom. The van der Waals surface area contributed by atoms with Crippen LogP contribution in [0.2, 0.25) is 0 Å². The molecule has 6 heteroatoms. The summed E-state index contributed by atoms with van der Waals surface area (Å²) < 4.78 is 17.7. The Hall–Kier alpha value is -2.96. The fourth-order valence-corrected chi connectivity index (χ4v) is 4.54. The topological polar surface area (TPSA) is 81.8 Å². The number of ether oxygens (including phenoxy) is 2. The van der Waals surface area contributed by atoms with Crippen LogP contribution in [0.4, 0.5) is 0 Å². The van der Waals surface area contributed by atoms with Crippen LogP contribution >= 0.6 is 0 Å². The van der Waals surface area contributed by atoms with Gasteiger partial charge >= 0.3 is 5.97 Å². The van der Waals surface area contributed by atoms with E-state index in [2.05, 4.69) is 29.2 Å². The fraction of sp³-hybridized carbons (Fsp3) is 0.448. The molecule has 2 aromatic carbocycles. The van der Waals surface area contributed by atoms with Crippen molar-refractivity contribution in [3.8, 4) is 22.6 Å². The summed E-state index contributed by atoms with van der Waals surface area (Å²) in [5.41, 5.74) is 2.96. The highest BCUT2D eigenvalue weighted by Gasteiger charge is 2.30. The summed E-state index contributed by atoms with van der Waals surface area (Å²) >= 11 is 0. The van der Waals surface area contributed by atoms with E-state index in [1.807, 2.05) is 37.3 Å². The Morgan fingerprint density at radius 3 is 2.31 bits per heavy atom. The van der Waals surface area contributed by atoms with Crippen molar-refractivity contribution in [3.05, 3.63) is 66.1 Å². The maximum absolute atomic E-state index is 11.3. The maximum atomic E-state index is 11.3. The summed E-state index contributed by atoms with van der Waals surface area (Å²) in [5.74, 6) is 1.27. The van der Waals surface area contributed by atoms with E-state index >= 15 is 0 Å². The van der Waals surface area contributed by atoms with Crippen molar-refractivity contribution in [1.29, 1.82) is 0 Å². The van der Waals surface area contributed by atoms with E-state index in [1.54, 1.807) is 13.8 Å². The lowest BCUT2D eigenvalue weighted by Crippen LogP contribution is -2.37. The van der Waals surface area contributed by atoms with Gasteiger partial charge in [-0.15, -0.1) is 0 Å². The molecule has 1 aliphatic carbocycles. The van der Waals surface area contributed by atoms with E-state index in [1.165, 1.54) is 5.56 Å². The van der Waals surface area contributed by atoms with Gasteiger partial charge in [-0.25, -0.2) is 9.78 Å². The molecule has 0 saturated heterocycles. The number of carbonyl (C=O) groups is 1. The van der Waals surface area contributed by atoms with Gasteiger partial charge in [0.05, 0.1) is 13.2 Å². The molecule has 0 aliphatic heterocycles. The lowest BCUT2D eigenvalue weighted by molar-refractivity contribution is -0.163. The van der Waals surface area contributed by atoms with Gasteiger partial charge < -0.3 is 19.0 Å². The monoisotopic (exact) mass is 477 g/mol. The molecule has 0 amide bonds. The van der Waals surface area contributed by atoms with Crippen LogP contribution in [-0.4, -0.2) is 34.9 Å². The molecule has 1 aromatic heterocycles. The molecule has 0 radical (unpaired) electrons. The van der Waals surface area contributed by atoms with Crippen LogP contribution < -0.4 is 0 Å². The third-order valence-electron chi connectivity index (χ3n) is 6.81. The first-order valence-corrected chi connectivity index (χ1v) is 12.4. The summed E-state index contributed by atoms with van der Waals surface area (Å²) in [5, 5.41) is 9.24. The predicted octanol–water partition coefficient (Wildman–Crippen LogP) is 6.52. The van der Waals surface area contributed by atoms with Gasteiger partial charge in [-0.3, -0.25) is 0 Å². The van der Waals surface area contributed by atoms with Crippen LogP contribution in [-0.2, 0) is 20.9 Å². The number of hydrogen-bond acceptors (Lipinski definition) is 5. The minimum absolute atomic E-state index is 0.371. The van der Waals surface area contributed by atoms with Crippen molar-refractivity contribution in [2.75, 3.05) is 13.2 Å². The molecule has 6 nitrogen and oxygen atoms in total. The number of aliphatic carboxylic acids is 1. The van der Waals surface area contributed by atoms with Gasteiger partial charge in [-0.2, -0.15) is 0 Å². The third kappa shape index (κ3) is 6.59. The Labute approximate surface area is 207 Å². The number of aryl methyl sites for hydroxylation is 1. The molecule has 1 N–H and O–H groups in total. The fourth-order valence-electron chi connectivity index (χ4n) is 4.54. The molecule has 186 valence electrons. The maximum Gasteiger partial charge on any atom is 0.335 e. The zero-order chi connectivity index (χ0) is 24.8. The van der Waals surface area contributed by atoms with Crippen molar-refractivity contribution in [3.63, 3.8) is 0 Å². The number of carboxylic acid groups (broad SMARTS) is 1. The molecule has 1 fully saturated rings. The predicted molar refractivity (Wildman–Crippen MR) is 135 cm³/mol. The van der Waals surface area contributed by atoms with Gasteiger partial charge in [-0.05, 0) is 75.1 Å². The van der Waals surface area contributed by atoms with E-state index < -0.39 is 11.6 Å². The summed E-state index contributed by atoms with van der Waals surface area (Å²) in [7, 11) is 0. The zero-order valence-electron chi connectivity index (χ0n) is 20.8. The smallest absolute Gasteiger partial charge is 0.335 e. The first kappa shape index (κ1) is 25.1. The minimum atomic E-state index is -1.15. The van der Waals surface area contributed by atoms with Crippen molar-refractivity contribution in [2.45, 2.75) is 58.7 Å². The Kier molecular flexibility index (Phi) is 8.04. The number of oxazole rings is 1. The molecular weight excluding hydrogens is 442 g/mol. The molecule has 1 aliphatic rings. The average molecular weight is 478 g/mol. The van der Waals surface area contributed by atoms with E-state index in [0.717, 1.165) is 48.3 Å². The molecular formula is C29H35NO5. The van der Waals surface area contributed by atoms with Gasteiger partial charge in [0, 0.05) is 12.2 Å². The van der Waals surface area contributed by atoms with Crippen molar-refractivity contribution >= 4 is 5.97 Å². The Bertz CT molecular complexity index is 1100. The highest BCUT2D eigenvalue weighted by atomic mass is 16.5. The van der Waals surface area contributed by atoms with Gasteiger partial charge in [0.15, 0.2) is 5.60 Å². The van der Waals surface area contributed by atoms with Gasteiger partial charge in [-0.1, -0.05) is 48.9 Å². The summed E-state index contributed by atoms with van der Waals surface area (Å²) in [6.07, 6.45) is 4.30. The van der Waals surface area contributed by atoms with E-state index in [4.69, 9.17) is 13.9 Å². The minimum Gasteiger partial charge on any atom is -0.479 e. The lowest BCUT2D eigenvalue weighted by Gasteiger charge is -2.31. The lowest BCUT2D eigenvalue weighted by atomic mass is 9.82. The number of benzene rings is 2. The second-order valence-corrected chi connectivity index (χ2v) is 10.0. The van der Waals surface area contributed by atoms with Crippen molar-refractivity contribution < 1.29 is 23.8 Å². The van der Waals surface area contributed by atoms with Crippen LogP contribution in [0, 0.1) is 18.8 Å². The van der Waals surface area contributed by atoms with Gasteiger partial charge in [0.1, 0.15) is 11.5 Å². The second-order valence-electron chi connectivity index (χ2n) is 10.0. The summed E-state index contributed by atoms with van der Waals surface area (Å²) in [6.45, 7) is 6.68. The molecule has 35 heavy (non-hydrogen) atoms. The third-order valence-corrected chi connectivity index (χ3v) is 6.81. The normalized spacial score (nSPS) is 18.5. The number of rotatable bonds is 10. The molecule has 4 rings (SSSR count). The van der Waals surface area contributed by atoms with Gasteiger partial charge in [0.25, 0.3) is 0 Å². The van der Waals surface area contributed by atoms with E-state index in [-0.39, 0.29) is 0 Å². The molecule has 0 spiro atoms. The quantitative estimate of drug-likeness (QED) is 0.358. The zero-order valence-corrected chi connectivity index (χ0v) is 20.8. The highest BCUT2D eigenvalue weighted by Crippen LogP contribution is 2.31. The molecule has 1 saturated carbocycles. The Balaban J connectivity index is 1.28. The second kappa shape index (κ2) is 11.2. The largest absolute Gasteiger partial charge is 0.479 e. The van der Waals surface area contributed by atoms with Crippen LogP contribution in [0.5, 0.6) is 0 Å². The summed E-state index contributed by atoms with van der Waals surface area (Å²) in [6, 6.07) is 18.5. The van der Waals surface area contributed by atoms with Crippen LogP contribution in [0.15, 0.2) is 59.0 Å². The standard InChI is InChI=1S/C29H35NO5/c1-20-26(19-33-17-21-8-7-9-22(16-21)18-34-29(2,3)28(31)32)30-27(35-20)25-14-12-24(13-15-25)23-10-5-4-6-11-23/h4-6,10-15,21-22H,7-9,16-19H2,1-3H3,(H,31,32)/t21-,22?/m0/s1. The molecule has 1 heterocycles. The summed E-state index contributed by atoms with van der Waals surface area (Å²) in [4.78, 5) is 16.0. The van der Waals surface area contributed by atoms with Crippen LogP contribution in [0.25, 0.3) is 22.6 Å². The molecule has 3 aromatic rings. The van der Waals surface area contributed by atoms with Crippen molar-refractivity contribution in [2.24, 2.45) is 11.8 Å². The van der Waals surface area contributed by atoms with Gasteiger partial charge in [0.2, 0.25) is 5.89 Å².